The van der Waals surface area contributed by atoms with Crippen molar-refractivity contribution in [3.63, 3.8) is 0 Å². The molecule has 13 nitrogen and oxygen atoms in total. The van der Waals surface area contributed by atoms with Crippen molar-refractivity contribution in [1.29, 1.82) is 0 Å². The number of nitrogens with one attached hydrogen (secondary N) is 2. The number of amides is 2. The average molecular weight is 562 g/mol. The van der Waals surface area contributed by atoms with Gasteiger partial charge in [0, 0.05) is 29.1 Å². The molecule has 4 rings (SSSR count). The summed E-state index contributed by atoms with van der Waals surface area (Å²) in [6, 6.07) is 13.5. The summed E-state index contributed by atoms with van der Waals surface area (Å²) < 4.78 is 21.5. The fourth-order valence-corrected chi connectivity index (χ4v) is 3.95. The van der Waals surface area contributed by atoms with Gasteiger partial charge in [-0.15, -0.1) is 0 Å². The fourth-order valence-electron chi connectivity index (χ4n) is 3.95. The molecule has 0 spiro atoms. The van der Waals surface area contributed by atoms with E-state index in [1.807, 2.05) is 6.07 Å². The minimum absolute atomic E-state index is 0.121. The van der Waals surface area contributed by atoms with Crippen molar-refractivity contribution in [3.8, 4) is 22.8 Å². The van der Waals surface area contributed by atoms with E-state index in [9.17, 15) is 19.2 Å². The Morgan fingerprint density at radius 1 is 0.854 bits per heavy atom. The van der Waals surface area contributed by atoms with E-state index in [1.54, 1.807) is 49.2 Å². The zero-order valence-corrected chi connectivity index (χ0v) is 22.7. The molecule has 0 bridgehead atoms. The summed E-state index contributed by atoms with van der Waals surface area (Å²) in [5, 5.41) is 9.62. The van der Waals surface area contributed by atoms with Crippen LogP contribution in [0.1, 0.15) is 27.3 Å². The summed E-state index contributed by atoms with van der Waals surface area (Å²) in [7, 11) is 5.41. The van der Waals surface area contributed by atoms with Crippen molar-refractivity contribution in [1.82, 2.24) is 19.9 Å². The average Bonchev–Trinajstić information content (AvgIpc) is 3.45. The molecule has 0 saturated carbocycles. The number of esters is 2. The molecule has 2 N–H and O–H groups in total. The minimum atomic E-state index is -1.22. The van der Waals surface area contributed by atoms with E-state index in [0.29, 0.717) is 28.5 Å². The number of hydrogen-bond acceptors (Lipinski definition) is 10. The zero-order valence-electron chi connectivity index (χ0n) is 22.7. The first-order valence-corrected chi connectivity index (χ1v) is 12.2. The Hall–Kier alpha value is -5.46. The minimum Gasteiger partial charge on any atom is -0.493 e. The van der Waals surface area contributed by atoms with E-state index < -0.39 is 29.8 Å². The van der Waals surface area contributed by atoms with Crippen LogP contribution in [-0.2, 0) is 19.1 Å². The van der Waals surface area contributed by atoms with Gasteiger partial charge in [0.2, 0.25) is 0 Å². The van der Waals surface area contributed by atoms with Gasteiger partial charge in [0.05, 0.1) is 40.6 Å². The number of rotatable bonds is 10. The van der Waals surface area contributed by atoms with Gasteiger partial charge in [0.25, 0.3) is 11.8 Å². The topological polar surface area (TPSA) is 159 Å². The molecular formula is C28H27N5O8. The predicted molar refractivity (Wildman–Crippen MR) is 146 cm³/mol. The lowest BCUT2D eigenvalue weighted by Gasteiger charge is -2.15. The van der Waals surface area contributed by atoms with E-state index in [2.05, 4.69) is 30.2 Å². The SMILES string of the molecule is COC(=O)C[C@H](NC(=O)c1ccc(NC(=O)c2cc3nccc(-c4ccc(OC)c(OC)c4)n3n2)cc1)C(=O)OC. The third-order valence-electron chi connectivity index (χ3n) is 6.06. The molecule has 0 aliphatic carbocycles. The lowest BCUT2D eigenvalue weighted by molar-refractivity contribution is -0.149. The largest absolute Gasteiger partial charge is 0.493 e. The van der Waals surface area contributed by atoms with Crippen LogP contribution in [-0.4, -0.2) is 72.8 Å². The van der Waals surface area contributed by atoms with Gasteiger partial charge in [0.15, 0.2) is 22.8 Å². The van der Waals surface area contributed by atoms with Crippen molar-refractivity contribution < 1.29 is 38.1 Å². The summed E-state index contributed by atoms with van der Waals surface area (Å²) in [6.07, 6.45) is 1.23. The van der Waals surface area contributed by atoms with Crippen molar-refractivity contribution >= 4 is 35.1 Å². The van der Waals surface area contributed by atoms with Gasteiger partial charge < -0.3 is 29.6 Å². The van der Waals surface area contributed by atoms with E-state index in [0.717, 1.165) is 12.7 Å². The Labute approximate surface area is 234 Å². The van der Waals surface area contributed by atoms with E-state index in [-0.39, 0.29) is 17.7 Å². The standard InChI is InChI=1S/C28H27N5O8/c1-38-22-10-7-17(13-23(22)39-2)21-11-12-29-24-14-19(32-33(21)24)27(36)30-18-8-5-16(6-9-18)26(35)31-20(28(37)41-4)15-25(34)40-3/h5-14,20H,15H2,1-4H3,(H,30,36)(H,31,35)/t20-/m0/s1. The molecule has 2 heterocycles. The van der Waals surface area contributed by atoms with E-state index in [1.165, 1.54) is 31.4 Å². The normalized spacial score (nSPS) is 11.3. The third kappa shape index (κ3) is 6.41. The van der Waals surface area contributed by atoms with Gasteiger partial charge in [-0.1, -0.05) is 0 Å². The van der Waals surface area contributed by atoms with Gasteiger partial charge in [-0.25, -0.2) is 14.3 Å². The van der Waals surface area contributed by atoms with Gasteiger partial charge >= 0.3 is 11.9 Å². The smallest absolute Gasteiger partial charge is 0.328 e. The number of methoxy groups -OCH3 is 4. The molecule has 0 saturated heterocycles. The molecule has 0 aliphatic rings. The predicted octanol–water partition coefficient (Wildman–Crippen LogP) is 2.50. The van der Waals surface area contributed by atoms with Crippen molar-refractivity contribution in [2.24, 2.45) is 0 Å². The zero-order chi connectivity index (χ0) is 29.5. The van der Waals surface area contributed by atoms with Crippen LogP contribution >= 0.6 is 0 Å². The highest BCUT2D eigenvalue weighted by Gasteiger charge is 2.25. The fraction of sp³-hybridized carbons (Fsp3) is 0.214. The molecule has 0 fully saturated rings. The summed E-state index contributed by atoms with van der Waals surface area (Å²) in [6.45, 7) is 0. The summed E-state index contributed by atoms with van der Waals surface area (Å²) in [4.78, 5) is 53.5. The maximum atomic E-state index is 13.0. The van der Waals surface area contributed by atoms with E-state index >= 15 is 0 Å². The second-order valence-corrected chi connectivity index (χ2v) is 8.56. The first-order valence-electron chi connectivity index (χ1n) is 12.2. The lowest BCUT2D eigenvalue weighted by atomic mass is 10.1. The van der Waals surface area contributed by atoms with Crippen molar-refractivity contribution in [3.05, 3.63) is 72.1 Å². The molecule has 41 heavy (non-hydrogen) atoms. The highest BCUT2D eigenvalue weighted by molar-refractivity contribution is 6.04. The monoisotopic (exact) mass is 561 g/mol. The second kappa shape index (κ2) is 12.6. The van der Waals surface area contributed by atoms with Crippen LogP contribution in [0.15, 0.2) is 60.8 Å². The molecule has 13 heteroatoms. The Balaban J connectivity index is 1.49. The Bertz CT molecular complexity index is 1600. The van der Waals surface area contributed by atoms with Gasteiger partial charge in [-0.05, 0) is 48.5 Å². The number of aromatic nitrogens is 3. The summed E-state index contributed by atoms with van der Waals surface area (Å²) in [5.74, 6) is -1.46. The van der Waals surface area contributed by atoms with Crippen LogP contribution in [0.5, 0.6) is 11.5 Å². The molecular weight excluding hydrogens is 534 g/mol. The Kier molecular flexibility index (Phi) is 8.77. The maximum Gasteiger partial charge on any atom is 0.328 e. The molecule has 2 aromatic carbocycles. The van der Waals surface area contributed by atoms with Crippen LogP contribution in [0.4, 0.5) is 5.69 Å². The number of benzene rings is 2. The quantitative estimate of drug-likeness (QED) is 0.275. The molecule has 1 atom stereocenters. The number of carbonyl (C=O) groups excluding carboxylic acids is 4. The lowest BCUT2D eigenvalue weighted by Crippen LogP contribution is -2.43. The molecule has 2 amide bonds. The van der Waals surface area contributed by atoms with Crippen LogP contribution < -0.4 is 20.1 Å². The highest BCUT2D eigenvalue weighted by atomic mass is 16.5. The molecule has 4 aromatic rings. The van der Waals surface area contributed by atoms with Gasteiger partial charge in [-0.3, -0.25) is 14.4 Å². The Morgan fingerprint density at radius 3 is 2.24 bits per heavy atom. The number of hydrogen-bond donors (Lipinski definition) is 2. The second-order valence-electron chi connectivity index (χ2n) is 8.56. The first-order chi connectivity index (χ1) is 19.8. The van der Waals surface area contributed by atoms with Crippen LogP contribution in [0, 0.1) is 0 Å². The third-order valence-corrected chi connectivity index (χ3v) is 6.06. The van der Waals surface area contributed by atoms with Crippen LogP contribution in [0.2, 0.25) is 0 Å². The van der Waals surface area contributed by atoms with Crippen LogP contribution in [0.25, 0.3) is 16.9 Å². The van der Waals surface area contributed by atoms with Gasteiger partial charge in [0.1, 0.15) is 6.04 Å². The van der Waals surface area contributed by atoms with Crippen molar-refractivity contribution in [2.75, 3.05) is 33.8 Å². The Morgan fingerprint density at radius 2 is 1.59 bits per heavy atom. The number of nitrogens with zero attached hydrogens (tertiary/aromatic N) is 3. The number of fused-ring (bicyclic) bond motifs is 1. The number of carbonyl (C=O) groups is 4. The van der Waals surface area contributed by atoms with Crippen molar-refractivity contribution in [2.45, 2.75) is 12.5 Å². The maximum absolute atomic E-state index is 13.0. The van der Waals surface area contributed by atoms with Gasteiger partial charge in [-0.2, -0.15) is 5.10 Å². The highest BCUT2D eigenvalue weighted by Crippen LogP contribution is 2.32. The number of anilines is 1. The summed E-state index contributed by atoms with van der Waals surface area (Å²) in [5.41, 5.74) is 2.63. The molecule has 0 radical (unpaired) electrons. The molecule has 0 unspecified atom stereocenters. The number of ether oxygens (including phenoxy) is 4. The molecule has 0 aliphatic heterocycles. The molecule has 212 valence electrons. The first kappa shape index (κ1) is 28.5. The van der Waals surface area contributed by atoms with E-state index in [4.69, 9.17) is 9.47 Å². The molecule has 2 aromatic heterocycles. The summed E-state index contributed by atoms with van der Waals surface area (Å²) >= 11 is 0. The van der Waals surface area contributed by atoms with Crippen LogP contribution in [0.3, 0.4) is 0 Å².